The number of thioether (sulfide) groups is 1. The average molecular weight is 319 g/mol. The number of esters is 1. The van der Waals surface area contributed by atoms with Crippen molar-refractivity contribution in [2.45, 2.75) is 12.1 Å². The Morgan fingerprint density at radius 2 is 2.00 bits per heavy atom. The number of benzene rings is 1. The van der Waals surface area contributed by atoms with E-state index < -0.39 is 11.9 Å². The molecule has 0 unspecified atom stereocenters. The van der Waals surface area contributed by atoms with Gasteiger partial charge in [0, 0.05) is 0 Å². The van der Waals surface area contributed by atoms with Gasteiger partial charge in [0.2, 0.25) is 5.16 Å². The predicted molar refractivity (Wildman–Crippen MR) is 80.4 cm³/mol. The summed E-state index contributed by atoms with van der Waals surface area (Å²) in [5.74, 6) is -0.918. The summed E-state index contributed by atoms with van der Waals surface area (Å²) in [6.45, 7) is 1.73. The third-order valence-corrected chi connectivity index (χ3v) is 3.50. The van der Waals surface area contributed by atoms with E-state index in [1.54, 1.807) is 31.2 Å². The molecule has 7 nitrogen and oxygen atoms in total. The van der Waals surface area contributed by atoms with Crippen molar-refractivity contribution in [2.75, 3.05) is 7.11 Å². The lowest BCUT2D eigenvalue weighted by molar-refractivity contribution is -0.131. The van der Waals surface area contributed by atoms with Gasteiger partial charge in [-0.05, 0) is 42.5 Å². The van der Waals surface area contributed by atoms with Crippen molar-refractivity contribution in [1.82, 2.24) is 15.2 Å². The highest BCUT2D eigenvalue weighted by molar-refractivity contribution is 8.04. The summed E-state index contributed by atoms with van der Waals surface area (Å²) in [4.78, 5) is 26.8. The fraction of sp³-hybridized carbons (Fsp3) is 0.143. The molecule has 0 bridgehead atoms. The molecule has 0 fully saturated rings. The highest BCUT2D eigenvalue weighted by atomic mass is 32.2. The molecule has 0 spiro atoms. The molecule has 8 heteroatoms. The Bertz CT molecular complexity index is 722. The average Bonchev–Trinajstić information content (AvgIpc) is 2.91. The second-order valence-electron chi connectivity index (χ2n) is 4.23. The zero-order valence-corrected chi connectivity index (χ0v) is 12.7. The summed E-state index contributed by atoms with van der Waals surface area (Å²) in [7, 11) is 1.30. The number of H-pyrrole nitrogens is 1. The number of aliphatic carboxylic acids is 1. The number of carboxylic acid groups (broad SMARTS) is 1. The summed E-state index contributed by atoms with van der Waals surface area (Å²) in [6.07, 6.45) is 1.49. The van der Waals surface area contributed by atoms with E-state index in [2.05, 4.69) is 19.9 Å². The molecule has 2 N–H and O–H groups in total. The number of carbonyl (C=O) groups excluding carboxylic acids is 1. The number of hydrogen-bond donors (Lipinski definition) is 2. The van der Waals surface area contributed by atoms with E-state index in [0.29, 0.717) is 22.1 Å². The number of hydrogen-bond acceptors (Lipinski definition) is 6. The van der Waals surface area contributed by atoms with E-state index >= 15 is 0 Å². The number of rotatable bonds is 5. The third kappa shape index (κ3) is 3.95. The van der Waals surface area contributed by atoms with Crippen LogP contribution in [0.15, 0.2) is 34.3 Å². The molecule has 0 saturated heterocycles. The van der Waals surface area contributed by atoms with E-state index in [1.165, 1.54) is 13.2 Å². The van der Waals surface area contributed by atoms with Crippen molar-refractivity contribution in [3.63, 3.8) is 0 Å². The first kappa shape index (κ1) is 15.8. The molecular formula is C14H13N3O4S. The largest absolute Gasteiger partial charge is 0.477 e. The first-order chi connectivity index (χ1) is 10.5. The minimum Gasteiger partial charge on any atom is -0.477 e. The lowest BCUT2D eigenvalue weighted by Crippen LogP contribution is -2.00. The first-order valence-electron chi connectivity index (χ1n) is 6.20. The molecule has 0 atom stereocenters. The molecule has 0 aliphatic heterocycles. The van der Waals surface area contributed by atoms with Gasteiger partial charge in [0.25, 0.3) is 0 Å². The SMILES string of the molecule is COC(=O)c1ccc(/C=C(/Sc2n[nH]c(C)n2)C(=O)O)cc1. The van der Waals surface area contributed by atoms with E-state index in [4.69, 9.17) is 0 Å². The van der Waals surface area contributed by atoms with Crippen molar-refractivity contribution in [1.29, 1.82) is 0 Å². The molecule has 0 aliphatic carbocycles. The van der Waals surface area contributed by atoms with Crippen LogP contribution in [0.1, 0.15) is 21.7 Å². The van der Waals surface area contributed by atoms with Gasteiger partial charge in [-0.1, -0.05) is 12.1 Å². The summed E-state index contributed by atoms with van der Waals surface area (Å²) >= 11 is 0.944. The number of ether oxygens (including phenoxy) is 1. The Labute approximate surface area is 130 Å². The van der Waals surface area contributed by atoms with Crippen LogP contribution < -0.4 is 0 Å². The molecule has 0 amide bonds. The van der Waals surface area contributed by atoms with Crippen LogP contribution in [0.2, 0.25) is 0 Å². The minimum atomic E-state index is -1.08. The fourth-order valence-electron chi connectivity index (χ4n) is 1.59. The minimum absolute atomic E-state index is 0.0739. The van der Waals surface area contributed by atoms with Crippen molar-refractivity contribution in [2.24, 2.45) is 0 Å². The van der Waals surface area contributed by atoms with Gasteiger partial charge in [0.05, 0.1) is 12.7 Å². The molecule has 1 heterocycles. The van der Waals surface area contributed by atoms with Gasteiger partial charge < -0.3 is 9.84 Å². The zero-order chi connectivity index (χ0) is 16.1. The lowest BCUT2D eigenvalue weighted by Gasteiger charge is -2.01. The molecule has 114 valence electrons. The van der Waals surface area contributed by atoms with Crippen LogP contribution >= 0.6 is 11.8 Å². The number of aromatic amines is 1. The van der Waals surface area contributed by atoms with Crippen LogP contribution in [0.4, 0.5) is 0 Å². The normalized spacial score (nSPS) is 11.3. The number of aromatic nitrogens is 3. The van der Waals surface area contributed by atoms with E-state index in [0.717, 1.165) is 11.8 Å². The number of carbonyl (C=O) groups is 2. The van der Waals surface area contributed by atoms with Crippen LogP contribution in [-0.2, 0) is 9.53 Å². The van der Waals surface area contributed by atoms with Crippen LogP contribution in [0.25, 0.3) is 6.08 Å². The van der Waals surface area contributed by atoms with E-state index in [1.807, 2.05) is 0 Å². The van der Waals surface area contributed by atoms with Crippen LogP contribution in [-0.4, -0.2) is 39.3 Å². The summed E-state index contributed by atoms with van der Waals surface area (Å²) in [6, 6.07) is 6.41. The zero-order valence-electron chi connectivity index (χ0n) is 11.9. The van der Waals surface area contributed by atoms with E-state index in [9.17, 15) is 14.7 Å². The van der Waals surface area contributed by atoms with Gasteiger partial charge >= 0.3 is 11.9 Å². The Morgan fingerprint density at radius 1 is 1.32 bits per heavy atom. The maximum atomic E-state index is 11.3. The number of aryl methyl sites for hydroxylation is 1. The molecule has 2 aromatic rings. The Morgan fingerprint density at radius 3 is 2.50 bits per heavy atom. The summed E-state index contributed by atoms with van der Waals surface area (Å²) in [5, 5.41) is 16.1. The topological polar surface area (TPSA) is 105 Å². The van der Waals surface area contributed by atoms with Crippen molar-refractivity contribution in [3.8, 4) is 0 Å². The highest BCUT2D eigenvalue weighted by Gasteiger charge is 2.13. The van der Waals surface area contributed by atoms with Gasteiger partial charge in [0.15, 0.2) is 0 Å². The smallest absolute Gasteiger partial charge is 0.342 e. The summed E-state index contributed by atoms with van der Waals surface area (Å²) < 4.78 is 4.60. The molecule has 0 radical (unpaired) electrons. The second kappa shape index (κ2) is 6.90. The van der Waals surface area contributed by atoms with Gasteiger partial charge in [-0.3, -0.25) is 5.10 Å². The molecule has 1 aromatic heterocycles. The van der Waals surface area contributed by atoms with Gasteiger partial charge in [-0.25, -0.2) is 14.6 Å². The molecule has 22 heavy (non-hydrogen) atoms. The van der Waals surface area contributed by atoms with Crippen molar-refractivity contribution < 1.29 is 19.4 Å². The molecule has 1 aromatic carbocycles. The van der Waals surface area contributed by atoms with Crippen molar-refractivity contribution >= 4 is 29.8 Å². The Hall–Kier alpha value is -2.61. The van der Waals surface area contributed by atoms with Gasteiger partial charge in [-0.2, -0.15) is 0 Å². The maximum Gasteiger partial charge on any atom is 0.342 e. The number of nitrogens with one attached hydrogen (secondary N) is 1. The van der Waals surface area contributed by atoms with Crippen LogP contribution in [0.5, 0.6) is 0 Å². The number of carboxylic acids is 1. The van der Waals surface area contributed by atoms with E-state index in [-0.39, 0.29) is 4.91 Å². The predicted octanol–water partition coefficient (Wildman–Crippen LogP) is 2.12. The number of nitrogens with zero attached hydrogens (tertiary/aromatic N) is 2. The molecule has 0 saturated carbocycles. The first-order valence-corrected chi connectivity index (χ1v) is 7.01. The molecular weight excluding hydrogens is 306 g/mol. The quantitative estimate of drug-likeness (QED) is 0.494. The second-order valence-corrected chi connectivity index (χ2v) is 5.24. The Balaban J connectivity index is 2.22. The molecule has 2 rings (SSSR count). The third-order valence-electron chi connectivity index (χ3n) is 2.62. The fourth-order valence-corrected chi connectivity index (χ4v) is 2.34. The lowest BCUT2D eigenvalue weighted by atomic mass is 10.1. The highest BCUT2D eigenvalue weighted by Crippen LogP contribution is 2.25. The van der Waals surface area contributed by atoms with Gasteiger partial charge in [-0.15, -0.1) is 5.10 Å². The van der Waals surface area contributed by atoms with Crippen molar-refractivity contribution in [3.05, 3.63) is 46.1 Å². The summed E-state index contributed by atoms with van der Waals surface area (Å²) in [5.41, 5.74) is 1.04. The van der Waals surface area contributed by atoms with Crippen LogP contribution in [0, 0.1) is 6.92 Å². The monoisotopic (exact) mass is 319 g/mol. The maximum absolute atomic E-state index is 11.3. The standard InChI is InChI=1S/C14H13N3O4S/c1-8-15-14(17-16-8)22-11(12(18)19)7-9-3-5-10(6-4-9)13(20)21-2/h3-7H,1-2H3,(H,18,19)(H,15,16,17)/b11-7+. The van der Waals surface area contributed by atoms with Crippen LogP contribution in [0.3, 0.4) is 0 Å². The Kier molecular flexibility index (Phi) is 4.95. The van der Waals surface area contributed by atoms with Gasteiger partial charge in [0.1, 0.15) is 10.7 Å². The number of methoxy groups -OCH3 is 1. The molecule has 0 aliphatic rings.